The van der Waals surface area contributed by atoms with Gasteiger partial charge in [-0.05, 0) is 41.5 Å². The number of nitrogens with zero attached hydrogens (tertiary/aromatic N) is 3. The van der Waals surface area contributed by atoms with Crippen molar-refractivity contribution in [1.29, 1.82) is 0 Å². The smallest absolute Gasteiger partial charge is 0.0739 e. The largest absolute Gasteiger partial charge is 0.398 e. The van der Waals surface area contributed by atoms with E-state index >= 15 is 0 Å². The van der Waals surface area contributed by atoms with Crippen LogP contribution in [-0.4, -0.2) is 21.7 Å². The fourth-order valence-corrected chi connectivity index (χ4v) is 2.59. The van der Waals surface area contributed by atoms with Gasteiger partial charge in [-0.15, -0.1) is 0 Å². The van der Waals surface area contributed by atoms with E-state index in [4.69, 9.17) is 5.73 Å². The molecule has 0 aliphatic carbocycles. The Hall–Kier alpha value is -1.33. The first-order chi connectivity index (χ1) is 8.99. The predicted octanol–water partition coefficient (Wildman–Crippen LogP) is 2.71. The summed E-state index contributed by atoms with van der Waals surface area (Å²) in [5.74, 6) is 0. The third-order valence-corrected chi connectivity index (χ3v) is 4.21. The number of benzene rings is 1. The molecule has 5 heteroatoms. The molecule has 2 aromatic rings. The lowest BCUT2D eigenvalue weighted by Crippen LogP contribution is -2.20. The monoisotopic (exact) mass is 322 g/mol. The van der Waals surface area contributed by atoms with Crippen LogP contribution in [0.1, 0.15) is 17.0 Å². The van der Waals surface area contributed by atoms with Crippen LogP contribution in [0.4, 0.5) is 5.69 Å². The van der Waals surface area contributed by atoms with E-state index in [1.807, 2.05) is 36.9 Å². The van der Waals surface area contributed by atoms with E-state index in [-0.39, 0.29) is 0 Å². The third-order valence-electron chi connectivity index (χ3n) is 3.18. The van der Waals surface area contributed by atoms with Crippen LogP contribution in [0.15, 0.2) is 28.7 Å². The summed E-state index contributed by atoms with van der Waals surface area (Å²) in [6.07, 6.45) is 0. The Morgan fingerprint density at radius 2 is 2.00 bits per heavy atom. The van der Waals surface area contributed by atoms with Gasteiger partial charge < -0.3 is 5.73 Å². The van der Waals surface area contributed by atoms with Gasteiger partial charge in [0.05, 0.1) is 15.9 Å². The summed E-state index contributed by atoms with van der Waals surface area (Å²) >= 11 is 3.59. The molecule has 0 aliphatic rings. The molecule has 2 N–H and O–H groups in total. The number of anilines is 1. The van der Waals surface area contributed by atoms with Gasteiger partial charge in [0.25, 0.3) is 0 Å². The highest BCUT2D eigenvalue weighted by Gasteiger charge is 2.13. The number of nitrogens with two attached hydrogens (primary N) is 1. The number of nitrogen functional groups attached to an aromatic ring is 1. The van der Waals surface area contributed by atoms with Crippen LogP contribution in [0, 0.1) is 6.92 Å². The molecule has 19 heavy (non-hydrogen) atoms. The lowest BCUT2D eigenvalue weighted by atomic mass is 10.1. The molecule has 0 saturated heterocycles. The Morgan fingerprint density at radius 1 is 1.32 bits per heavy atom. The van der Waals surface area contributed by atoms with Crippen molar-refractivity contribution in [2.75, 3.05) is 12.8 Å². The molecule has 1 aromatic carbocycles. The zero-order valence-corrected chi connectivity index (χ0v) is 13.1. The van der Waals surface area contributed by atoms with Gasteiger partial charge in [-0.2, -0.15) is 5.10 Å². The van der Waals surface area contributed by atoms with E-state index < -0.39 is 0 Å². The van der Waals surface area contributed by atoms with Gasteiger partial charge in [-0.3, -0.25) is 9.58 Å². The van der Waals surface area contributed by atoms with E-state index in [0.29, 0.717) is 0 Å². The zero-order valence-electron chi connectivity index (χ0n) is 11.5. The van der Waals surface area contributed by atoms with Gasteiger partial charge >= 0.3 is 0 Å². The Morgan fingerprint density at radius 3 is 2.58 bits per heavy atom. The zero-order chi connectivity index (χ0) is 14.0. The summed E-state index contributed by atoms with van der Waals surface area (Å²) < 4.78 is 3.01. The van der Waals surface area contributed by atoms with Crippen LogP contribution in [-0.2, 0) is 20.1 Å². The molecule has 0 atom stereocenters. The molecule has 2 rings (SSSR count). The second-order valence-corrected chi connectivity index (χ2v) is 5.63. The summed E-state index contributed by atoms with van der Waals surface area (Å²) in [6, 6.07) is 7.98. The van der Waals surface area contributed by atoms with Gasteiger partial charge in [-0.1, -0.05) is 18.2 Å². The number of aryl methyl sites for hydroxylation is 2. The Balaban J connectivity index is 2.10. The lowest BCUT2D eigenvalue weighted by molar-refractivity contribution is 0.309. The van der Waals surface area contributed by atoms with Crippen molar-refractivity contribution < 1.29 is 0 Å². The van der Waals surface area contributed by atoms with E-state index in [9.17, 15) is 0 Å². The molecular weight excluding hydrogens is 304 g/mol. The van der Waals surface area contributed by atoms with Crippen LogP contribution in [0.5, 0.6) is 0 Å². The number of hydrogen-bond donors (Lipinski definition) is 1. The quantitative estimate of drug-likeness (QED) is 0.880. The molecule has 0 radical (unpaired) electrons. The highest BCUT2D eigenvalue weighted by Crippen LogP contribution is 2.22. The first kappa shape index (κ1) is 14.1. The van der Waals surface area contributed by atoms with Crippen LogP contribution < -0.4 is 5.73 Å². The second-order valence-electron chi connectivity index (χ2n) is 4.84. The topological polar surface area (TPSA) is 47.1 Å². The van der Waals surface area contributed by atoms with Crippen molar-refractivity contribution in [2.45, 2.75) is 20.0 Å². The molecule has 0 spiro atoms. The van der Waals surface area contributed by atoms with Crippen molar-refractivity contribution in [1.82, 2.24) is 14.7 Å². The normalized spacial score (nSPS) is 11.2. The Labute approximate surface area is 122 Å². The molecule has 1 aromatic heterocycles. The number of aromatic nitrogens is 2. The van der Waals surface area contributed by atoms with Crippen molar-refractivity contribution in [2.24, 2.45) is 7.05 Å². The summed E-state index contributed by atoms with van der Waals surface area (Å²) in [6.45, 7) is 3.65. The first-order valence-corrected chi connectivity index (χ1v) is 6.98. The summed E-state index contributed by atoms with van der Waals surface area (Å²) in [5.41, 5.74) is 10.2. The van der Waals surface area contributed by atoms with E-state index in [1.54, 1.807) is 0 Å². The molecule has 4 nitrogen and oxygen atoms in total. The number of halogens is 1. The minimum absolute atomic E-state index is 0.823. The molecule has 1 heterocycles. The number of para-hydroxylation sites is 1. The maximum atomic E-state index is 5.97. The average Bonchev–Trinajstić information content (AvgIpc) is 2.59. The number of hydrogen-bond acceptors (Lipinski definition) is 3. The SMILES string of the molecule is Cc1nn(C)c(CN(C)Cc2ccccc2N)c1Br. The molecule has 0 fully saturated rings. The highest BCUT2D eigenvalue weighted by molar-refractivity contribution is 9.10. The average molecular weight is 323 g/mol. The van der Waals surface area contributed by atoms with Crippen molar-refractivity contribution in [3.05, 3.63) is 45.7 Å². The van der Waals surface area contributed by atoms with Gasteiger partial charge in [0.1, 0.15) is 0 Å². The summed E-state index contributed by atoms with van der Waals surface area (Å²) in [5, 5.41) is 4.41. The fourth-order valence-electron chi connectivity index (χ4n) is 2.13. The molecule has 0 saturated carbocycles. The maximum Gasteiger partial charge on any atom is 0.0739 e. The van der Waals surface area contributed by atoms with Crippen LogP contribution in [0.2, 0.25) is 0 Å². The van der Waals surface area contributed by atoms with Crippen molar-refractivity contribution in [3.63, 3.8) is 0 Å². The lowest BCUT2D eigenvalue weighted by Gasteiger charge is -2.18. The Bertz CT molecular complexity index is 577. The first-order valence-electron chi connectivity index (χ1n) is 6.19. The molecule has 0 bridgehead atoms. The minimum Gasteiger partial charge on any atom is -0.398 e. The minimum atomic E-state index is 0.823. The molecular formula is C14H19BrN4. The maximum absolute atomic E-state index is 5.97. The van der Waals surface area contributed by atoms with Crippen molar-refractivity contribution >= 4 is 21.6 Å². The van der Waals surface area contributed by atoms with Crippen LogP contribution >= 0.6 is 15.9 Å². The molecule has 0 amide bonds. The van der Waals surface area contributed by atoms with Gasteiger partial charge in [-0.25, -0.2) is 0 Å². The highest BCUT2D eigenvalue weighted by atomic mass is 79.9. The van der Waals surface area contributed by atoms with Gasteiger partial charge in [0.15, 0.2) is 0 Å². The van der Waals surface area contributed by atoms with Crippen LogP contribution in [0.25, 0.3) is 0 Å². The van der Waals surface area contributed by atoms with Crippen LogP contribution in [0.3, 0.4) is 0 Å². The van der Waals surface area contributed by atoms with E-state index in [1.165, 1.54) is 5.69 Å². The van der Waals surface area contributed by atoms with Gasteiger partial charge in [0.2, 0.25) is 0 Å². The number of rotatable bonds is 4. The third kappa shape index (κ3) is 3.16. The summed E-state index contributed by atoms with van der Waals surface area (Å²) in [7, 11) is 4.05. The Kier molecular flexibility index (Phi) is 4.27. The molecule has 0 aliphatic heterocycles. The van der Waals surface area contributed by atoms with Crippen molar-refractivity contribution in [3.8, 4) is 0 Å². The summed E-state index contributed by atoms with van der Waals surface area (Å²) in [4.78, 5) is 2.23. The van der Waals surface area contributed by atoms with E-state index in [2.05, 4.69) is 39.0 Å². The molecule has 0 unspecified atom stereocenters. The predicted molar refractivity (Wildman–Crippen MR) is 81.7 cm³/mol. The fraction of sp³-hybridized carbons (Fsp3) is 0.357. The van der Waals surface area contributed by atoms with E-state index in [0.717, 1.165) is 34.5 Å². The second kappa shape index (κ2) is 5.75. The van der Waals surface area contributed by atoms with Gasteiger partial charge in [0, 0.05) is 25.8 Å². The standard InChI is InChI=1S/C14H19BrN4/c1-10-14(15)13(19(3)17-10)9-18(2)8-11-6-4-5-7-12(11)16/h4-7H,8-9,16H2,1-3H3. The molecule has 102 valence electrons.